The molecule has 2 aromatic rings. The van der Waals surface area contributed by atoms with Crippen molar-refractivity contribution in [3.8, 4) is 0 Å². The van der Waals surface area contributed by atoms with Crippen molar-refractivity contribution in [1.29, 1.82) is 0 Å². The highest BCUT2D eigenvalue weighted by atomic mass is 32.2. The van der Waals surface area contributed by atoms with Gasteiger partial charge in [-0.15, -0.1) is 10.2 Å². The molecule has 1 fully saturated rings. The van der Waals surface area contributed by atoms with Crippen molar-refractivity contribution in [1.82, 2.24) is 14.8 Å². The average Bonchev–Trinajstić information content (AvgIpc) is 3.37. The van der Waals surface area contributed by atoms with Crippen molar-refractivity contribution < 1.29 is 14.3 Å². The number of ether oxygens (including phenoxy) is 1. The van der Waals surface area contributed by atoms with E-state index in [-0.39, 0.29) is 18.3 Å². The van der Waals surface area contributed by atoms with E-state index in [1.165, 1.54) is 11.8 Å². The highest BCUT2D eigenvalue weighted by Crippen LogP contribution is 2.39. The molecule has 0 aliphatic heterocycles. The summed E-state index contributed by atoms with van der Waals surface area (Å²) in [5.41, 5.74) is 0.792. The number of hydrogen-bond acceptors (Lipinski definition) is 6. The van der Waals surface area contributed by atoms with Crippen LogP contribution >= 0.6 is 11.8 Å². The van der Waals surface area contributed by atoms with Crippen molar-refractivity contribution in [2.75, 3.05) is 17.7 Å². The van der Waals surface area contributed by atoms with E-state index in [1.54, 1.807) is 31.2 Å². The van der Waals surface area contributed by atoms with Crippen molar-refractivity contribution in [3.05, 3.63) is 35.7 Å². The minimum absolute atomic E-state index is 0.188. The fourth-order valence-electron chi connectivity index (χ4n) is 2.44. The van der Waals surface area contributed by atoms with Crippen LogP contribution in [0.15, 0.2) is 29.4 Å². The van der Waals surface area contributed by atoms with Crippen molar-refractivity contribution in [2.24, 2.45) is 7.05 Å². The lowest BCUT2D eigenvalue weighted by Gasteiger charge is -2.10. The Hall–Kier alpha value is -2.35. The summed E-state index contributed by atoms with van der Waals surface area (Å²) >= 11 is 1.33. The zero-order valence-electron chi connectivity index (χ0n) is 14.2. The Kier molecular flexibility index (Phi) is 5.37. The highest BCUT2D eigenvalue weighted by molar-refractivity contribution is 7.99. The maximum atomic E-state index is 12.2. The zero-order valence-corrected chi connectivity index (χ0v) is 15.0. The Balaban J connectivity index is 1.60. The first kappa shape index (κ1) is 17.5. The number of thioether (sulfide) groups is 1. The smallest absolute Gasteiger partial charge is 0.340 e. The molecule has 1 aliphatic rings. The van der Waals surface area contributed by atoms with Crippen LogP contribution in [0.2, 0.25) is 0 Å². The Morgan fingerprint density at radius 1 is 1.32 bits per heavy atom. The molecule has 0 atom stereocenters. The first-order valence-corrected chi connectivity index (χ1v) is 9.16. The van der Waals surface area contributed by atoms with Crippen LogP contribution < -0.4 is 5.32 Å². The molecule has 1 heterocycles. The molecule has 1 aromatic carbocycles. The number of amides is 1. The molecule has 3 rings (SSSR count). The summed E-state index contributed by atoms with van der Waals surface area (Å²) in [6, 6.07) is 6.80. The SMILES string of the molecule is CCOC(=O)c1ccccc1NC(=O)CSc1nnc(C2CC2)n1C. The Morgan fingerprint density at radius 3 is 2.80 bits per heavy atom. The minimum atomic E-state index is -0.451. The van der Waals surface area contributed by atoms with Crippen LogP contribution in [0.5, 0.6) is 0 Å². The largest absolute Gasteiger partial charge is 0.462 e. The second-order valence-electron chi connectivity index (χ2n) is 5.78. The molecule has 1 aromatic heterocycles. The molecule has 0 radical (unpaired) electrons. The third-order valence-corrected chi connectivity index (χ3v) is 4.86. The maximum Gasteiger partial charge on any atom is 0.340 e. The molecule has 1 saturated carbocycles. The zero-order chi connectivity index (χ0) is 17.8. The van der Waals surface area contributed by atoms with Crippen LogP contribution in [0.4, 0.5) is 5.69 Å². The lowest BCUT2D eigenvalue weighted by Crippen LogP contribution is -2.17. The molecule has 1 amide bonds. The van der Waals surface area contributed by atoms with E-state index in [0.717, 1.165) is 23.8 Å². The number of benzene rings is 1. The number of hydrogen-bond donors (Lipinski definition) is 1. The van der Waals surface area contributed by atoms with Gasteiger partial charge >= 0.3 is 5.97 Å². The van der Waals surface area contributed by atoms with E-state index in [0.29, 0.717) is 17.2 Å². The number of nitrogens with one attached hydrogen (secondary N) is 1. The summed E-state index contributed by atoms with van der Waals surface area (Å²) in [6.45, 7) is 2.03. The number of carbonyl (C=O) groups excluding carboxylic acids is 2. The first-order chi connectivity index (χ1) is 12.1. The monoisotopic (exact) mass is 360 g/mol. The maximum absolute atomic E-state index is 12.2. The molecule has 0 saturated heterocycles. The molecule has 7 nitrogen and oxygen atoms in total. The van der Waals surface area contributed by atoms with Gasteiger partial charge < -0.3 is 14.6 Å². The van der Waals surface area contributed by atoms with Gasteiger partial charge in [0.25, 0.3) is 0 Å². The van der Waals surface area contributed by atoms with Gasteiger partial charge in [0.15, 0.2) is 5.16 Å². The molecule has 8 heteroatoms. The summed E-state index contributed by atoms with van der Waals surface area (Å²) in [5, 5.41) is 11.8. The second-order valence-corrected chi connectivity index (χ2v) is 6.72. The lowest BCUT2D eigenvalue weighted by molar-refractivity contribution is -0.113. The average molecular weight is 360 g/mol. The Morgan fingerprint density at radius 2 is 2.08 bits per heavy atom. The normalized spacial score (nSPS) is 13.5. The predicted octanol–water partition coefficient (Wildman–Crippen LogP) is 2.60. The van der Waals surface area contributed by atoms with Gasteiger partial charge in [-0.2, -0.15) is 0 Å². The van der Waals surface area contributed by atoms with Gasteiger partial charge in [-0.1, -0.05) is 23.9 Å². The third kappa shape index (κ3) is 4.19. The Labute approximate surface area is 150 Å². The van der Waals surface area contributed by atoms with Gasteiger partial charge in [-0.3, -0.25) is 4.79 Å². The van der Waals surface area contributed by atoms with Crippen molar-refractivity contribution >= 4 is 29.3 Å². The molecular weight excluding hydrogens is 340 g/mol. The summed E-state index contributed by atoms with van der Waals surface area (Å²) < 4.78 is 6.96. The summed E-state index contributed by atoms with van der Waals surface area (Å²) in [4.78, 5) is 24.2. The summed E-state index contributed by atoms with van der Waals surface area (Å²) in [7, 11) is 1.92. The predicted molar refractivity (Wildman–Crippen MR) is 94.7 cm³/mol. The van der Waals surface area contributed by atoms with Gasteiger partial charge in [0, 0.05) is 13.0 Å². The molecule has 132 valence electrons. The van der Waals surface area contributed by atoms with Gasteiger partial charge in [0.1, 0.15) is 5.82 Å². The van der Waals surface area contributed by atoms with E-state index >= 15 is 0 Å². The van der Waals surface area contributed by atoms with Gasteiger partial charge in [0.2, 0.25) is 5.91 Å². The van der Waals surface area contributed by atoms with Crippen LogP contribution in [0.3, 0.4) is 0 Å². The van der Waals surface area contributed by atoms with Crippen LogP contribution in [0.25, 0.3) is 0 Å². The van der Waals surface area contributed by atoms with E-state index in [4.69, 9.17) is 4.74 Å². The van der Waals surface area contributed by atoms with E-state index < -0.39 is 5.97 Å². The molecule has 25 heavy (non-hydrogen) atoms. The van der Waals surface area contributed by atoms with Crippen molar-refractivity contribution in [3.63, 3.8) is 0 Å². The number of carbonyl (C=O) groups is 2. The van der Waals surface area contributed by atoms with E-state index in [2.05, 4.69) is 15.5 Å². The topological polar surface area (TPSA) is 86.1 Å². The van der Waals surface area contributed by atoms with E-state index in [1.807, 2.05) is 11.6 Å². The Bertz CT molecular complexity index is 786. The first-order valence-electron chi connectivity index (χ1n) is 8.18. The quantitative estimate of drug-likeness (QED) is 0.603. The summed E-state index contributed by atoms with van der Waals surface area (Å²) in [5.74, 6) is 1.02. The third-order valence-electron chi connectivity index (χ3n) is 3.84. The number of esters is 1. The molecule has 1 N–H and O–H groups in total. The van der Waals surface area contributed by atoms with E-state index in [9.17, 15) is 9.59 Å². The summed E-state index contributed by atoms with van der Waals surface area (Å²) in [6.07, 6.45) is 2.31. The van der Waals surface area contributed by atoms with Crippen molar-refractivity contribution in [2.45, 2.75) is 30.8 Å². The van der Waals surface area contributed by atoms with Gasteiger partial charge in [0.05, 0.1) is 23.6 Å². The lowest BCUT2D eigenvalue weighted by atomic mass is 10.2. The van der Waals surface area contributed by atoms with Crippen LogP contribution in [-0.4, -0.2) is 39.0 Å². The standard InChI is InChI=1S/C17H20N4O3S/c1-3-24-16(23)12-6-4-5-7-13(12)18-14(22)10-25-17-20-19-15(21(17)2)11-8-9-11/h4-7,11H,3,8-10H2,1-2H3,(H,18,22). The fraction of sp³-hybridized carbons (Fsp3) is 0.412. The molecular formula is C17H20N4O3S. The molecule has 0 unspecified atom stereocenters. The number of aromatic nitrogens is 3. The number of anilines is 1. The number of rotatable bonds is 7. The minimum Gasteiger partial charge on any atom is -0.462 e. The molecule has 1 aliphatic carbocycles. The number of para-hydroxylation sites is 1. The van der Waals surface area contributed by atoms with Gasteiger partial charge in [-0.25, -0.2) is 4.79 Å². The number of nitrogens with zero attached hydrogens (tertiary/aromatic N) is 3. The van der Waals surface area contributed by atoms with Gasteiger partial charge in [-0.05, 0) is 31.9 Å². The molecule has 0 bridgehead atoms. The fourth-order valence-corrected chi connectivity index (χ4v) is 3.16. The van der Waals surface area contributed by atoms with Crippen LogP contribution in [0.1, 0.15) is 41.9 Å². The van der Waals surface area contributed by atoms with Crippen LogP contribution in [0, 0.1) is 0 Å². The molecule has 0 spiro atoms. The van der Waals surface area contributed by atoms with Crippen LogP contribution in [-0.2, 0) is 16.6 Å². The second kappa shape index (κ2) is 7.69. The highest BCUT2D eigenvalue weighted by Gasteiger charge is 2.29.